The van der Waals surface area contributed by atoms with Crippen LogP contribution in [0.15, 0.2) is 35.2 Å². The third-order valence-corrected chi connectivity index (χ3v) is 4.58. The Morgan fingerprint density at radius 1 is 1.30 bits per heavy atom. The average molecular weight is 295 g/mol. The lowest BCUT2D eigenvalue weighted by Crippen LogP contribution is -2.52. The Labute approximate surface area is 126 Å². The van der Waals surface area contributed by atoms with Gasteiger partial charge < -0.3 is 10.4 Å². The highest BCUT2D eigenvalue weighted by atomic mass is 32.2. The van der Waals surface area contributed by atoms with Gasteiger partial charge in [0, 0.05) is 4.90 Å². The SMILES string of the molecule is CCCNC(CC)(CCCSc1ccccc1)C(=O)O. The molecule has 1 atom stereocenters. The quantitative estimate of drug-likeness (QED) is 0.509. The van der Waals surface area contributed by atoms with Gasteiger partial charge in [0.15, 0.2) is 0 Å². The van der Waals surface area contributed by atoms with Crippen molar-refractivity contribution in [2.24, 2.45) is 0 Å². The lowest BCUT2D eigenvalue weighted by Gasteiger charge is -2.29. The van der Waals surface area contributed by atoms with Crippen LogP contribution >= 0.6 is 11.8 Å². The Morgan fingerprint density at radius 3 is 2.55 bits per heavy atom. The second-order valence-electron chi connectivity index (χ2n) is 4.93. The van der Waals surface area contributed by atoms with Gasteiger partial charge in [-0.25, -0.2) is 0 Å². The highest BCUT2D eigenvalue weighted by Crippen LogP contribution is 2.23. The summed E-state index contributed by atoms with van der Waals surface area (Å²) < 4.78 is 0. The van der Waals surface area contributed by atoms with Crippen molar-refractivity contribution < 1.29 is 9.90 Å². The van der Waals surface area contributed by atoms with Crippen LogP contribution in [0.1, 0.15) is 39.5 Å². The number of nitrogens with one attached hydrogen (secondary N) is 1. The zero-order valence-corrected chi connectivity index (χ0v) is 13.2. The monoisotopic (exact) mass is 295 g/mol. The van der Waals surface area contributed by atoms with Crippen LogP contribution in [-0.2, 0) is 4.79 Å². The van der Waals surface area contributed by atoms with Gasteiger partial charge >= 0.3 is 5.97 Å². The summed E-state index contributed by atoms with van der Waals surface area (Å²) in [6, 6.07) is 10.2. The fourth-order valence-corrected chi connectivity index (χ4v) is 3.04. The number of hydrogen-bond donors (Lipinski definition) is 2. The number of thioether (sulfide) groups is 1. The van der Waals surface area contributed by atoms with E-state index < -0.39 is 11.5 Å². The molecule has 2 N–H and O–H groups in total. The van der Waals surface area contributed by atoms with Crippen LogP contribution in [0.3, 0.4) is 0 Å². The first-order valence-corrected chi connectivity index (χ1v) is 8.29. The number of hydrogen-bond acceptors (Lipinski definition) is 3. The molecule has 20 heavy (non-hydrogen) atoms. The van der Waals surface area contributed by atoms with E-state index >= 15 is 0 Å². The highest BCUT2D eigenvalue weighted by Gasteiger charge is 2.35. The number of rotatable bonds is 10. The van der Waals surface area contributed by atoms with Crippen LogP contribution in [-0.4, -0.2) is 28.9 Å². The molecule has 0 aromatic heterocycles. The summed E-state index contributed by atoms with van der Waals surface area (Å²) in [5.41, 5.74) is -0.757. The zero-order chi connectivity index (χ0) is 14.8. The maximum Gasteiger partial charge on any atom is 0.323 e. The minimum atomic E-state index is -0.757. The van der Waals surface area contributed by atoms with Crippen LogP contribution in [0.25, 0.3) is 0 Å². The number of carboxylic acid groups (broad SMARTS) is 1. The first-order valence-electron chi connectivity index (χ1n) is 7.31. The largest absolute Gasteiger partial charge is 0.480 e. The number of carboxylic acids is 1. The molecular formula is C16H25NO2S. The summed E-state index contributed by atoms with van der Waals surface area (Å²) in [5, 5.41) is 12.7. The van der Waals surface area contributed by atoms with Gasteiger partial charge in [0.1, 0.15) is 5.54 Å². The van der Waals surface area contributed by atoms with Crippen molar-refractivity contribution >= 4 is 17.7 Å². The van der Waals surface area contributed by atoms with Crippen molar-refractivity contribution in [3.05, 3.63) is 30.3 Å². The fourth-order valence-electron chi connectivity index (χ4n) is 2.17. The molecule has 1 aromatic carbocycles. The summed E-state index contributed by atoms with van der Waals surface area (Å²) >= 11 is 1.79. The molecule has 4 heteroatoms. The molecule has 0 aliphatic heterocycles. The van der Waals surface area contributed by atoms with E-state index in [-0.39, 0.29) is 0 Å². The minimum absolute atomic E-state index is 0.623. The molecule has 0 saturated carbocycles. The van der Waals surface area contributed by atoms with Crippen molar-refractivity contribution in [2.75, 3.05) is 12.3 Å². The van der Waals surface area contributed by atoms with E-state index in [4.69, 9.17) is 0 Å². The minimum Gasteiger partial charge on any atom is -0.480 e. The maximum absolute atomic E-state index is 11.6. The van der Waals surface area contributed by atoms with Gasteiger partial charge in [0.25, 0.3) is 0 Å². The van der Waals surface area contributed by atoms with E-state index in [1.807, 2.05) is 25.1 Å². The number of benzene rings is 1. The molecule has 112 valence electrons. The molecule has 0 amide bonds. The Balaban J connectivity index is 2.44. The van der Waals surface area contributed by atoms with E-state index in [9.17, 15) is 9.90 Å². The summed E-state index contributed by atoms with van der Waals surface area (Å²) in [6.07, 6.45) is 3.15. The molecule has 0 radical (unpaired) electrons. The third-order valence-electron chi connectivity index (χ3n) is 3.49. The molecule has 1 aromatic rings. The van der Waals surface area contributed by atoms with Gasteiger partial charge in [0.05, 0.1) is 0 Å². The van der Waals surface area contributed by atoms with Crippen LogP contribution in [0.4, 0.5) is 0 Å². The molecule has 0 spiro atoms. The van der Waals surface area contributed by atoms with E-state index in [2.05, 4.69) is 24.4 Å². The number of aliphatic carboxylic acids is 1. The van der Waals surface area contributed by atoms with E-state index in [0.717, 1.165) is 25.1 Å². The fraction of sp³-hybridized carbons (Fsp3) is 0.562. The van der Waals surface area contributed by atoms with Gasteiger partial charge in [-0.3, -0.25) is 4.79 Å². The highest BCUT2D eigenvalue weighted by molar-refractivity contribution is 7.99. The van der Waals surface area contributed by atoms with Crippen molar-refractivity contribution in [3.8, 4) is 0 Å². The van der Waals surface area contributed by atoms with Gasteiger partial charge in [-0.1, -0.05) is 32.0 Å². The van der Waals surface area contributed by atoms with Crippen LogP contribution in [0.2, 0.25) is 0 Å². The van der Waals surface area contributed by atoms with Gasteiger partial charge in [0.2, 0.25) is 0 Å². The standard InChI is InChI=1S/C16H25NO2S/c1-3-12-17-16(4-2,15(18)19)11-8-13-20-14-9-6-5-7-10-14/h5-7,9-10,17H,3-4,8,11-13H2,1-2H3,(H,18,19). The van der Waals surface area contributed by atoms with Gasteiger partial charge in [-0.2, -0.15) is 0 Å². The van der Waals surface area contributed by atoms with Crippen molar-refractivity contribution in [2.45, 2.75) is 50.0 Å². The molecule has 0 bridgehead atoms. The second kappa shape index (κ2) is 9.03. The van der Waals surface area contributed by atoms with Crippen molar-refractivity contribution in [1.29, 1.82) is 0 Å². The van der Waals surface area contributed by atoms with Crippen LogP contribution < -0.4 is 5.32 Å². The molecule has 0 fully saturated rings. The van der Waals surface area contributed by atoms with Gasteiger partial charge in [-0.15, -0.1) is 11.8 Å². The lowest BCUT2D eigenvalue weighted by molar-refractivity contribution is -0.145. The van der Waals surface area contributed by atoms with Gasteiger partial charge in [-0.05, 0) is 50.1 Å². The first kappa shape index (κ1) is 17.1. The van der Waals surface area contributed by atoms with E-state index in [1.165, 1.54) is 4.90 Å². The Morgan fingerprint density at radius 2 is 2.00 bits per heavy atom. The van der Waals surface area contributed by atoms with E-state index in [1.54, 1.807) is 11.8 Å². The molecule has 1 unspecified atom stereocenters. The molecule has 0 heterocycles. The molecule has 3 nitrogen and oxygen atoms in total. The lowest BCUT2D eigenvalue weighted by atomic mass is 9.90. The number of carbonyl (C=O) groups is 1. The normalized spacial score (nSPS) is 13.9. The smallest absolute Gasteiger partial charge is 0.323 e. The first-order chi connectivity index (χ1) is 9.64. The second-order valence-corrected chi connectivity index (χ2v) is 6.10. The Hall–Kier alpha value is -1.00. The van der Waals surface area contributed by atoms with Crippen molar-refractivity contribution in [1.82, 2.24) is 5.32 Å². The Kier molecular flexibility index (Phi) is 7.70. The molecule has 0 aliphatic carbocycles. The summed E-state index contributed by atoms with van der Waals surface area (Å²) in [5.74, 6) is 0.227. The van der Waals surface area contributed by atoms with Crippen LogP contribution in [0.5, 0.6) is 0 Å². The predicted molar refractivity (Wildman–Crippen MR) is 85.4 cm³/mol. The Bertz CT molecular complexity index is 397. The van der Waals surface area contributed by atoms with Crippen molar-refractivity contribution in [3.63, 3.8) is 0 Å². The molecule has 1 rings (SSSR count). The molecular weight excluding hydrogens is 270 g/mol. The third kappa shape index (κ3) is 5.17. The summed E-state index contributed by atoms with van der Waals surface area (Å²) in [4.78, 5) is 12.8. The summed E-state index contributed by atoms with van der Waals surface area (Å²) in [7, 11) is 0. The zero-order valence-electron chi connectivity index (χ0n) is 12.4. The average Bonchev–Trinajstić information content (AvgIpc) is 2.47. The maximum atomic E-state index is 11.6. The summed E-state index contributed by atoms with van der Waals surface area (Å²) in [6.45, 7) is 4.76. The predicted octanol–water partition coefficient (Wildman–Crippen LogP) is 3.79. The van der Waals surface area contributed by atoms with Crippen LogP contribution in [0, 0.1) is 0 Å². The molecule has 0 saturated heterocycles. The topological polar surface area (TPSA) is 49.3 Å². The molecule has 0 aliphatic rings. The van der Waals surface area contributed by atoms with E-state index in [0.29, 0.717) is 12.8 Å².